The van der Waals surface area contributed by atoms with Gasteiger partial charge >= 0.3 is 18.0 Å². The lowest BCUT2D eigenvalue weighted by Gasteiger charge is -2.46. The van der Waals surface area contributed by atoms with E-state index in [0.29, 0.717) is 11.4 Å². The molecule has 0 saturated carbocycles. The molecule has 7 unspecified atom stereocenters. The number of aromatic nitrogens is 4. The number of aliphatic hydroxyl groups excluding tert-OH is 1. The molecule has 0 spiro atoms. The maximum absolute atomic E-state index is 14.7. The molecule has 2 bridgehead atoms. The second-order valence-electron chi connectivity index (χ2n) is 19.6. The van der Waals surface area contributed by atoms with Crippen molar-refractivity contribution in [1.29, 1.82) is 0 Å². The minimum atomic E-state index is -2.07. The average molecular weight is 1160 g/mol. The van der Waals surface area contributed by atoms with E-state index in [-0.39, 0.29) is 106 Å². The van der Waals surface area contributed by atoms with Crippen molar-refractivity contribution in [2.75, 3.05) is 36.3 Å². The van der Waals surface area contributed by atoms with Gasteiger partial charge in [-0.2, -0.15) is 4.98 Å². The molecule has 3 aromatic carbocycles. The van der Waals surface area contributed by atoms with Crippen LogP contribution in [0.3, 0.4) is 0 Å². The molecule has 1 saturated heterocycles. The lowest BCUT2D eigenvalue weighted by atomic mass is 9.66. The Kier molecular flexibility index (Phi) is 16.4. The van der Waals surface area contributed by atoms with Gasteiger partial charge in [0, 0.05) is 70.7 Å². The van der Waals surface area contributed by atoms with Crippen LogP contribution in [0.1, 0.15) is 110 Å². The van der Waals surface area contributed by atoms with Crippen LogP contribution >= 0.6 is 21.6 Å². The number of ketones is 3. The Bertz CT molecular complexity index is 3490. The third-order valence-electron chi connectivity index (χ3n) is 14.4. The highest BCUT2D eigenvalue weighted by Crippen LogP contribution is 2.57. The minimum absolute atomic E-state index is 0.000780. The van der Waals surface area contributed by atoms with E-state index in [1.807, 2.05) is 0 Å². The van der Waals surface area contributed by atoms with Crippen LogP contribution in [0.5, 0.6) is 11.5 Å². The smallest absolute Gasteiger partial charge is 0.407 e. The number of phenolic OH excluding ortho intramolecular Hbond substituents is 1. The summed E-state index contributed by atoms with van der Waals surface area (Å²) in [7, 11) is 3.44. The molecule has 0 radical (unpaired) electrons. The molecule has 426 valence electrons. The fourth-order valence-corrected chi connectivity index (χ4v) is 12.3. The summed E-state index contributed by atoms with van der Waals surface area (Å²) < 4.78 is 23.6. The summed E-state index contributed by atoms with van der Waals surface area (Å²) in [5.74, 6) is -7.26. The van der Waals surface area contributed by atoms with Crippen LogP contribution in [0.4, 0.5) is 16.4 Å². The molecule has 4 aliphatic rings. The minimum Gasteiger partial charge on any atom is -0.507 e. The summed E-state index contributed by atoms with van der Waals surface area (Å²) in [6.07, 6.45) is -5.57. The van der Waals surface area contributed by atoms with Crippen molar-refractivity contribution in [3.05, 3.63) is 109 Å². The molecule has 12 N–H and O–H groups in total. The molecule has 3 amide bonds. The number of aliphatic carboxylic acids is 2. The van der Waals surface area contributed by atoms with E-state index >= 15 is 0 Å². The molecular weight excluding hydrogens is 1100 g/mol. The summed E-state index contributed by atoms with van der Waals surface area (Å²) >= 11 is 0. The molecule has 8 atom stereocenters. The molecule has 2 aliphatic heterocycles. The number of aromatic amines is 1. The molecule has 2 aromatic heterocycles. The molecule has 81 heavy (non-hydrogen) atoms. The van der Waals surface area contributed by atoms with Crippen LogP contribution in [0.2, 0.25) is 0 Å². The lowest BCUT2D eigenvalue weighted by Crippen LogP contribution is -2.60. The number of carboxylic acids is 2. The van der Waals surface area contributed by atoms with Crippen molar-refractivity contribution >= 4 is 91.6 Å². The van der Waals surface area contributed by atoms with Crippen molar-refractivity contribution in [3.8, 4) is 11.5 Å². The second kappa shape index (κ2) is 23.1. The molecule has 29 heteroatoms. The van der Waals surface area contributed by atoms with Gasteiger partial charge in [-0.15, -0.1) is 0 Å². The fraction of sp³-hybridized carbons (Fsp3) is 0.385. The zero-order valence-electron chi connectivity index (χ0n) is 43.2. The maximum Gasteiger partial charge on any atom is 0.407 e. The highest BCUT2D eigenvalue weighted by atomic mass is 33.1. The number of ether oxygens (including phenoxy) is 4. The van der Waals surface area contributed by atoms with Gasteiger partial charge < -0.3 is 71.5 Å². The number of carboxylic acid groups (broad SMARTS) is 2. The number of aliphatic hydroxyl groups is 2. The number of aromatic hydroxyl groups is 1. The number of phenols is 1. The zero-order chi connectivity index (χ0) is 58.2. The quantitative estimate of drug-likeness (QED) is 0.0383. The molecular formula is C52H53N9O18S2. The van der Waals surface area contributed by atoms with Gasteiger partial charge in [0.05, 0.1) is 48.8 Å². The number of anilines is 2. The number of benzene rings is 3. The number of Topliss-reactive ketones (excluding diaryl/α,β-unsaturated/α-hetero) is 1. The Morgan fingerprint density at radius 1 is 0.963 bits per heavy atom. The number of nitrogens with zero attached hydrogens (tertiary/aromatic N) is 3. The zero-order valence-corrected chi connectivity index (χ0v) is 44.9. The highest BCUT2D eigenvalue weighted by molar-refractivity contribution is 8.76. The number of methoxy groups -OCH3 is 1. The van der Waals surface area contributed by atoms with Crippen LogP contribution in [-0.4, -0.2) is 154 Å². The van der Waals surface area contributed by atoms with Gasteiger partial charge in [-0.1, -0.05) is 33.7 Å². The maximum atomic E-state index is 14.7. The number of hydrogen-bond acceptors (Lipinski definition) is 23. The number of H-pyrrole nitrogens is 1. The Balaban J connectivity index is 0.758. The Labute approximate surface area is 465 Å². The SMILES string of the molecule is COc1cccc2c1C(=O)c1c(c(O)c3c4c1C1(C)OC(CC(NC(=O)OCCSSCC(NC(=O)CCC(NC(=O)c5ccc(NCc6cnc7nc(N)[nH]c(=O)c7n6)cc5)C(=O)O)C(=O)O)C1O)OC4C[C@](O)(C(C)=O)C3)C2=O. The van der Waals surface area contributed by atoms with Gasteiger partial charge in [0.15, 0.2) is 34.8 Å². The number of nitrogens with one attached hydrogen (secondary N) is 5. The number of carbonyl (C=O) groups excluding carboxylic acids is 6. The van der Waals surface area contributed by atoms with E-state index in [9.17, 15) is 68.7 Å². The third-order valence-corrected chi connectivity index (χ3v) is 16.7. The number of nitrogen functional groups attached to an aromatic ring is 1. The van der Waals surface area contributed by atoms with Gasteiger partial charge in [-0.25, -0.2) is 24.4 Å². The highest BCUT2D eigenvalue weighted by Gasteiger charge is 2.59. The number of rotatable bonds is 20. The average Bonchev–Trinajstić information content (AvgIpc) is 3.21. The fourth-order valence-electron chi connectivity index (χ4n) is 10.3. The van der Waals surface area contributed by atoms with Crippen LogP contribution < -0.4 is 37.3 Å². The summed E-state index contributed by atoms with van der Waals surface area (Å²) in [6.45, 7) is 2.52. The largest absolute Gasteiger partial charge is 0.507 e. The van der Waals surface area contributed by atoms with Crippen LogP contribution in [0, 0.1) is 0 Å². The normalized spacial score (nSPS) is 22.1. The van der Waals surface area contributed by atoms with Crippen molar-refractivity contribution in [3.63, 3.8) is 0 Å². The first-order chi connectivity index (χ1) is 38.5. The summed E-state index contributed by atoms with van der Waals surface area (Å²) in [5, 5.41) is 65.8. The first-order valence-electron chi connectivity index (χ1n) is 25.0. The lowest BCUT2D eigenvalue weighted by molar-refractivity contribution is -0.282. The van der Waals surface area contributed by atoms with Gasteiger partial charge in [0.2, 0.25) is 11.9 Å². The number of hydrogen-bond donors (Lipinski definition) is 11. The number of carbonyl (C=O) groups is 8. The summed E-state index contributed by atoms with van der Waals surface area (Å²) in [4.78, 5) is 132. The number of amides is 3. The Morgan fingerprint density at radius 3 is 2.41 bits per heavy atom. The summed E-state index contributed by atoms with van der Waals surface area (Å²) in [5.41, 5.74) is 1.26. The molecule has 1 fully saturated rings. The first kappa shape index (κ1) is 57.5. The number of nitrogens with two attached hydrogens (primary N) is 1. The van der Waals surface area contributed by atoms with Crippen LogP contribution in [0.25, 0.3) is 11.2 Å². The topological polar surface area (TPSA) is 420 Å². The third kappa shape index (κ3) is 11.4. The summed E-state index contributed by atoms with van der Waals surface area (Å²) in [6, 6.07) is 6.21. The van der Waals surface area contributed by atoms with Gasteiger partial charge in [-0.05, 0) is 56.2 Å². The first-order valence-corrected chi connectivity index (χ1v) is 27.5. The van der Waals surface area contributed by atoms with E-state index < -0.39 is 125 Å². The Hall–Kier alpha value is -8.22. The molecule has 5 aromatic rings. The number of fused-ring (bicyclic) bond motifs is 7. The molecule has 2 aliphatic carbocycles. The van der Waals surface area contributed by atoms with E-state index in [1.54, 1.807) is 12.1 Å². The van der Waals surface area contributed by atoms with Gasteiger partial charge in [0.1, 0.15) is 47.5 Å². The standard InChI is InChI=1S/C52H53N9O18S2/c1-21(62)52(75)16-26-34-31(17-52)78-33-15-28(43(67)51(2,79-33)38(34)36-37(41(26)65)40(64)25-5-4-6-30(76-3)35(25)42(36)66)59-50(74)77-13-14-80-81-20-29(48(72)73)57-32(63)12-11-27(47(70)71)58-45(68)22-7-9-23(10-8-22)54-18-24-19-55-44-39(56-24)46(69)61-49(53)60-44/h4-10,19,27-29,31,33,43,54,65,67,75H,11-18,20H2,1-3H3,(H,57,63)(H,58,68)(H,59,74)(H,70,71)(H,72,73)(H3,53,55,60,61,69)/t27?,28?,29?,31?,33?,43?,51?,52-/m0/s1. The molecule has 9 rings (SSSR count). The second-order valence-corrected chi connectivity index (χ2v) is 22.2. The number of alkyl carbamates (subject to hydrolysis) is 1. The monoisotopic (exact) mass is 1160 g/mol. The van der Waals surface area contributed by atoms with Gasteiger partial charge in [0.25, 0.3) is 11.5 Å². The predicted octanol–water partition coefficient (Wildman–Crippen LogP) is 1.77. The molecule has 4 heterocycles. The van der Waals surface area contributed by atoms with Crippen molar-refractivity contribution in [1.82, 2.24) is 35.9 Å². The van der Waals surface area contributed by atoms with E-state index in [0.717, 1.165) is 21.6 Å². The Morgan fingerprint density at radius 2 is 1.70 bits per heavy atom. The van der Waals surface area contributed by atoms with Crippen molar-refractivity contribution in [2.24, 2.45) is 0 Å². The van der Waals surface area contributed by atoms with Gasteiger partial charge in [-0.3, -0.25) is 33.8 Å². The van der Waals surface area contributed by atoms with Crippen LogP contribution in [0.15, 0.2) is 53.5 Å². The molecule has 27 nitrogen and oxygen atoms in total. The van der Waals surface area contributed by atoms with E-state index in [2.05, 4.69) is 41.2 Å². The predicted molar refractivity (Wildman–Crippen MR) is 286 cm³/mol. The van der Waals surface area contributed by atoms with E-state index in [4.69, 9.17) is 24.7 Å². The van der Waals surface area contributed by atoms with Crippen molar-refractivity contribution in [2.45, 2.75) is 100 Å². The van der Waals surface area contributed by atoms with Crippen molar-refractivity contribution < 1.29 is 82.8 Å². The van der Waals surface area contributed by atoms with E-state index in [1.165, 1.54) is 57.5 Å². The van der Waals surface area contributed by atoms with Crippen LogP contribution in [-0.2, 0) is 52.0 Å².